The minimum Gasteiger partial charge on any atom is -0.469 e. The third-order valence-electron chi connectivity index (χ3n) is 3.33. The Morgan fingerprint density at radius 1 is 1.67 bits per heavy atom. The maximum absolute atomic E-state index is 11.2. The smallest absolute Gasteiger partial charge is 0.305 e. The molecule has 0 amide bonds. The van der Waals surface area contributed by atoms with Crippen molar-refractivity contribution in [2.24, 2.45) is 11.3 Å². The Morgan fingerprint density at radius 2 is 2.27 bits per heavy atom. The van der Waals surface area contributed by atoms with Gasteiger partial charge in [0.15, 0.2) is 0 Å². The summed E-state index contributed by atoms with van der Waals surface area (Å²) in [4.78, 5) is 11.2. The van der Waals surface area contributed by atoms with E-state index >= 15 is 0 Å². The zero-order valence-electron chi connectivity index (χ0n) is 9.91. The average Bonchev–Trinajstić information content (AvgIpc) is 2.13. The summed E-state index contributed by atoms with van der Waals surface area (Å²) in [5.41, 5.74) is 0.957. The van der Waals surface area contributed by atoms with Crippen molar-refractivity contribution in [1.29, 1.82) is 0 Å². The molecule has 0 fully saturated rings. The van der Waals surface area contributed by atoms with Crippen molar-refractivity contribution < 1.29 is 14.6 Å². The highest BCUT2D eigenvalue weighted by Crippen LogP contribution is 2.40. The van der Waals surface area contributed by atoms with Crippen LogP contribution >= 0.6 is 0 Å². The van der Waals surface area contributed by atoms with Crippen molar-refractivity contribution in [2.45, 2.75) is 39.7 Å². The Morgan fingerprint density at radius 3 is 2.80 bits per heavy atom. The van der Waals surface area contributed by atoms with Crippen molar-refractivity contribution in [2.75, 3.05) is 7.11 Å². The monoisotopic (exact) mass is 212 g/mol. The van der Waals surface area contributed by atoms with Crippen LogP contribution in [0.1, 0.15) is 33.6 Å². The number of allylic oxidation sites excluding steroid dienone is 1. The van der Waals surface area contributed by atoms with Gasteiger partial charge in [-0.2, -0.15) is 0 Å². The van der Waals surface area contributed by atoms with E-state index in [-0.39, 0.29) is 17.3 Å². The molecule has 0 aromatic heterocycles. The number of hydrogen-bond donors (Lipinski definition) is 1. The lowest BCUT2D eigenvalue weighted by Gasteiger charge is -2.38. The summed E-state index contributed by atoms with van der Waals surface area (Å²) in [7, 11) is 1.40. The van der Waals surface area contributed by atoms with Gasteiger partial charge in [0, 0.05) is 6.42 Å². The number of rotatable bonds is 2. The van der Waals surface area contributed by atoms with Crippen LogP contribution in [0.25, 0.3) is 0 Å². The predicted molar refractivity (Wildman–Crippen MR) is 58.3 cm³/mol. The zero-order valence-corrected chi connectivity index (χ0v) is 9.91. The molecule has 0 spiro atoms. The normalized spacial score (nSPS) is 29.5. The van der Waals surface area contributed by atoms with Crippen LogP contribution in [0.5, 0.6) is 0 Å². The number of ether oxygens (including phenoxy) is 1. The van der Waals surface area contributed by atoms with Gasteiger partial charge < -0.3 is 9.84 Å². The highest BCUT2D eigenvalue weighted by molar-refractivity contribution is 5.69. The number of esters is 1. The number of carbonyl (C=O) groups excluding carboxylic acids is 1. The summed E-state index contributed by atoms with van der Waals surface area (Å²) < 4.78 is 4.67. The van der Waals surface area contributed by atoms with Gasteiger partial charge in [0.1, 0.15) is 0 Å². The van der Waals surface area contributed by atoms with Crippen LogP contribution in [0.3, 0.4) is 0 Å². The second-order valence-corrected chi connectivity index (χ2v) is 4.94. The van der Waals surface area contributed by atoms with Gasteiger partial charge in [-0.1, -0.05) is 19.9 Å². The lowest BCUT2D eigenvalue weighted by atomic mass is 9.69. The average molecular weight is 212 g/mol. The Bertz CT molecular complexity index is 279. The van der Waals surface area contributed by atoms with E-state index in [0.29, 0.717) is 12.8 Å². The largest absolute Gasteiger partial charge is 0.469 e. The molecule has 1 rings (SSSR count). The molecule has 3 heteroatoms. The molecule has 0 saturated heterocycles. The first-order valence-electron chi connectivity index (χ1n) is 5.31. The molecule has 15 heavy (non-hydrogen) atoms. The summed E-state index contributed by atoms with van der Waals surface area (Å²) in [6, 6.07) is 0. The van der Waals surface area contributed by atoms with Crippen LogP contribution in [0, 0.1) is 11.3 Å². The highest BCUT2D eigenvalue weighted by atomic mass is 16.5. The molecule has 0 heterocycles. The third kappa shape index (κ3) is 2.81. The maximum atomic E-state index is 11.2. The number of carbonyl (C=O) groups is 1. The quantitative estimate of drug-likeness (QED) is 0.561. The van der Waals surface area contributed by atoms with Crippen LogP contribution in [0.15, 0.2) is 11.6 Å². The number of aliphatic hydroxyl groups excluding tert-OH is 1. The van der Waals surface area contributed by atoms with E-state index in [1.165, 1.54) is 7.11 Å². The summed E-state index contributed by atoms with van der Waals surface area (Å²) in [6.45, 7) is 6.12. The van der Waals surface area contributed by atoms with Crippen molar-refractivity contribution in [1.82, 2.24) is 0 Å². The molecule has 0 aliphatic heterocycles. The molecule has 0 unspecified atom stereocenters. The lowest BCUT2D eigenvalue weighted by Crippen LogP contribution is -2.34. The van der Waals surface area contributed by atoms with Gasteiger partial charge in [-0.05, 0) is 30.3 Å². The zero-order chi connectivity index (χ0) is 11.6. The molecular weight excluding hydrogens is 192 g/mol. The predicted octanol–water partition coefficient (Wildman–Crippen LogP) is 1.90. The van der Waals surface area contributed by atoms with Crippen LogP contribution in [-0.4, -0.2) is 24.3 Å². The van der Waals surface area contributed by atoms with E-state index in [2.05, 4.69) is 24.7 Å². The van der Waals surface area contributed by atoms with E-state index in [1.54, 1.807) is 0 Å². The van der Waals surface area contributed by atoms with Gasteiger partial charge in [-0.3, -0.25) is 4.79 Å². The minimum absolute atomic E-state index is 0.0441. The Hall–Kier alpha value is -0.830. The second kappa shape index (κ2) is 4.35. The van der Waals surface area contributed by atoms with E-state index in [0.717, 1.165) is 5.57 Å². The van der Waals surface area contributed by atoms with E-state index in [4.69, 9.17) is 0 Å². The number of hydrogen-bond acceptors (Lipinski definition) is 3. The Labute approximate surface area is 91.1 Å². The van der Waals surface area contributed by atoms with Crippen molar-refractivity contribution in [3.05, 3.63) is 11.6 Å². The van der Waals surface area contributed by atoms with Gasteiger partial charge >= 0.3 is 5.97 Å². The minimum atomic E-state index is -0.410. The summed E-state index contributed by atoms with van der Waals surface area (Å²) >= 11 is 0. The van der Waals surface area contributed by atoms with Gasteiger partial charge in [0.2, 0.25) is 0 Å². The van der Waals surface area contributed by atoms with Crippen LogP contribution in [0.4, 0.5) is 0 Å². The number of methoxy groups -OCH3 is 1. The first-order valence-corrected chi connectivity index (χ1v) is 5.31. The SMILES string of the molecule is COC(=O)C[C@@H]1C[C@H](O)C(C)=CC1(C)C. The highest BCUT2D eigenvalue weighted by Gasteiger charge is 2.35. The van der Waals surface area contributed by atoms with Gasteiger partial charge in [-0.15, -0.1) is 0 Å². The van der Waals surface area contributed by atoms with E-state index in [1.807, 2.05) is 6.92 Å². The molecule has 0 aromatic carbocycles. The van der Waals surface area contributed by atoms with Crippen LogP contribution in [-0.2, 0) is 9.53 Å². The fraction of sp³-hybridized carbons (Fsp3) is 0.750. The molecule has 2 atom stereocenters. The molecule has 1 N–H and O–H groups in total. The molecule has 0 radical (unpaired) electrons. The summed E-state index contributed by atoms with van der Waals surface area (Å²) in [6.07, 6.45) is 2.68. The van der Waals surface area contributed by atoms with Crippen molar-refractivity contribution >= 4 is 5.97 Å². The first kappa shape index (κ1) is 12.2. The fourth-order valence-electron chi connectivity index (χ4n) is 2.19. The fourth-order valence-corrected chi connectivity index (χ4v) is 2.19. The molecule has 86 valence electrons. The molecule has 1 aliphatic carbocycles. The molecular formula is C12H20O3. The molecule has 0 saturated carbocycles. The van der Waals surface area contributed by atoms with Crippen molar-refractivity contribution in [3.63, 3.8) is 0 Å². The van der Waals surface area contributed by atoms with Gasteiger partial charge in [-0.25, -0.2) is 0 Å². The standard InChI is InChI=1S/C12H20O3/c1-8-7-12(2,3)9(5-10(8)13)6-11(14)15-4/h7,9-10,13H,5-6H2,1-4H3/t9-,10-/m0/s1. The lowest BCUT2D eigenvalue weighted by molar-refractivity contribution is -0.142. The van der Waals surface area contributed by atoms with Crippen LogP contribution < -0.4 is 0 Å². The van der Waals surface area contributed by atoms with Crippen molar-refractivity contribution in [3.8, 4) is 0 Å². The number of aliphatic hydroxyl groups is 1. The first-order chi connectivity index (χ1) is 6.86. The van der Waals surface area contributed by atoms with Gasteiger partial charge in [0.05, 0.1) is 13.2 Å². The van der Waals surface area contributed by atoms with E-state index < -0.39 is 6.10 Å². The molecule has 1 aliphatic rings. The maximum Gasteiger partial charge on any atom is 0.305 e. The summed E-state index contributed by atoms with van der Waals surface area (Å²) in [5, 5.41) is 9.75. The Kier molecular flexibility index (Phi) is 3.55. The summed E-state index contributed by atoms with van der Waals surface area (Å²) in [5.74, 6) is -0.0446. The molecule has 0 aromatic rings. The molecule has 0 bridgehead atoms. The Balaban J connectivity index is 2.78. The van der Waals surface area contributed by atoms with Gasteiger partial charge in [0.25, 0.3) is 0 Å². The van der Waals surface area contributed by atoms with E-state index in [9.17, 15) is 9.90 Å². The second-order valence-electron chi connectivity index (χ2n) is 4.94. The molecule has 3 nitrogen and oxygen atoms in total. The topological polar surface area (TPSA) is 46.5 Å². The van der Waals surface area contributed by atoms with Crippen LogP contribution in [0.2, 0.25) is 0 Å². The third-order valence-corrected chi connectivity index (χ3v) is 3.33.